The molecule has 5 rings (SSSR count). The molecule has 154 valence electrons. The summed E-state index contributed by atoms with van der Waals surface area (Å²) in [6.45, 7) is 7.26. The number of aliphatic hydroxyl groups is 1. The summed E-state index contributed by atoms with van der Waals surface area (Å²) in [7, 11) is 0. The SMILES string of the molecule is CC(O)c1nccn1Cc1cc(C#Cc2ccc(CN3CC4(COC4)C3)cc2)on1. The Kier molecular flexibility index (Phi) is 4.91. The smallest absolute Gasteiger partial charge is 0.210 e. The van der Waals surface area contributed by atoms with Crippen molar-refractivity contribution in [3.8, 4) is 11.8 Å². The van der Waals surface area contributed by atoms with Crippen molar-refractivity contribution in [1.82, 2.24) is 19.6 Å². The van der Waals surface area contributed by atoms with E-state index >= 15 is 0 Å². The van der Waals surface area contributed by atoms with E-state index in [1.807, 2.05) is 29.0 Å². The third kappa shape index (κ3) is 3.90. The molecule has 1 atom stereocenters. The summed E-state index contributed by atoms with van der Waals surface area (Å²) in [6.07, 6.45) is 2.83. The summed E-state index contributed by atoms with van der Waals surface area (Å²) >= 11 is 0. The number of ether oxygens (including phenoxy) is 1. The Hall–Kier alpha value is -2.92. The van der Waals surface area contributed by atoms with E-state index in [4.69, 9.17) is 9.26 Å². The number of aromatic nitrogens is 3. The fourth-order valence-electron chi connectivity index (χ4n) is 4.11. The average Bonchev–Trinajstić information content (AvgIpc) is 3.32. The predicted molar refractivity (Wildman–Crippen MR) is 109 cm³/mol. The molecular weight excluding hydrogens is 380 g/mol. The Morgan fingerprint density at radius 2 is 1.97 bits per heavy atom. The molecule has 0 amide bonds. The summed E-state index contributed by atoms with van der Waals surface area (Å²) in [6, 6.07) is 10.2. The minimum Gasteiger partial charge on any atom is -0.385 e. The van der Waals surface area contributed by atoms with E-state index in [0.29, 0.717) is 23.5 Å². The maximum Gasteiger partial charge on any atom is 0.210 e. The molecule has 2 aliphatic rings. The highest BCUT2D eigenvalue weighted by molar-refractivity contribution is 5.40. The van der Waals surface area contributed by atoms with Gasteiger partial charge in [0.15, 0.2) is 0 Å². The molecule has 1 unspecified atom stereocenters. The lowest BCUT2D eigenvalue weighted by Crippen LogP contribution is -2.65. The first kappa shape index (κ1) is 19.1. The molecule has 2 aromatic heterocycles. The summed E-state index contributed by atoms with van der Waals surface area (Å²) < 4.78 is 12.5. The van der Waals surface area contributed by atoms with Gasteiger partial charge in [0.25, 0.3) is 0 Å². The highest BCUT2D eigenvalue weighted by Gasteiger charge is 2.48. The summed E-state index contributed by atoms with van der Waals surface area (Å²) in [5, 5.41) is 13.8. The van der Waals surface area contributed by atoms with Crippen molar-refractivity contribution in [2.75, 3.05) is 26.3 Å². The zero-order chi connectivity index (χ0) is 20.6. The molecule has 0 bridgehead atoms. The third-order valence-corrected chi connectivity index (χ3v) is 5.64. The Bertz CT molecular complexity index is 1080. The molecule has 3 aromatic rings. The number of hydrogen-bond donors (Lipinski definition) is 1. The maximum absolute atomic E-state index is 9.75. The second-order valence-corrected chi connectivity index (χ2v) is 8.36. The largest absolute Gasteiger partial charge is 0.385 e. The molecule has 0 aliphatic carbocycles. The van der Waals surface area contributed by atoms with Crippen molar-refractivity contribution in [2.45, 2.75) is 26.1 Å². The van der Waals surface area contributed by atoms with E-state index in [1.54, 1.807) is 13.1 Å². The molecule has 7 nitrogen and oxygen atoms in total. The highest BCUT2D eigenvalue weighted by Crippen LogP contribution is 2.38. The van der Waals surface area contributed by atoms with Crippen LogP contribution in [-0.4, -0.2) is 51.0 Å². The molecule has 4 heterocycles. The van der Waals surface area contributed by atoms with Crippen LogP contribution in [-0.2, 0) is 17.8 Å². The average molecular weight is 404 g/mol. The zero-order valence-electron chi connectivity index (χ0n) is 16.9. The van der Waals surface area contributed by atoms with Crippen molar-refractivity contribution in [2.24, 2.45) is 5.41 Å². The number of aliphatic hydroxyl groups excluding tert-OH is 1. The minimum atomic E-state index is -0.636. The lowest BCUT2D eigenvalue weighted by atomic mass is 9.78. The van der Waals surface area contributed by atoms with Gasteiger partial charge in [-0.25, -0.2) is 4.98 Å². The van der Waals surface area contributed by atoms with Gasteiger partial charge in [-0.1, -0.05) is 23.2 Å². The van der Waals surface area contributed by atoms with Gasteiger partial charge in [-0.3, -0.25) is 4.90 Å². The molecule has 2 aliphatic heterocycles. The number of benzene rings is 1. The Morgan fingerprint density at radius 3 is 2.67 bits per heavy atom. The van der Waals surface area contributed by atoms with Gasteiger partial charge in [-0.2, -0.15) is 0 Å². The van der Waals surface area contributed by atoms with Gasteiger partial charge in [-0.15, -0.1) is 0 Å². The topological polar surface area (TPSA) is 76.6 Å². The number of rotatable bonds is 5. The Balaban J connectivity index is 1.18. The lowest BCUT2D eigenvalue weighted by molar-refractivity contribution is -0.191. The van der Waals surface area contributed by atoms with Gasteiger partial charge in [0.05, 0.1) is 19.8 Å². The van der Waals surface area contributed by atoms with Crippen molar-refractivity contribution in [3.05, 3.63) is 71.1 Å². The molecule has 0 radical (unpaired) electrons. The van der Waals surface area contributed by atoms with Gasteiger partial charge < -0.3 is 18.9 Å². The summed E-state index contributed by atoms with van der Waals surface area (Å²) in [4.78, 5) is 6.62. The van der Waals surface area contributed by atoms with E-state index in [0.717, 1.165) is 44.1 Å². The first-order valence-electron chi connectivity index (χ1n) is 10.1. The number of likely N-dealkylation sites (tertiary alicyclic amines) is 1. The van der Waals surface area contributed by atoms with Crippen molar-refractivity contribution >= 4 is 0 Å². The van der Waals surface area contributed by atoms with Gasteiger partial charge in [-0.05, 0) is 30.5 Å². The van der Waals surface area contributed by atoms with E-state index in [1.165, 1.54) is 5.56 Å². The van der Waals surface area contributed by atoms with Crippen LogP contribution in [0.1, 0.15) is 41.4 Å². The van der Waals surface area contributed by atoms with E-state index in [-0.39, 0.29) is 0 Å². The molecular formula is C23H24N4O3. The summed E-state index contributed by atoms with van der Waals surface area (Å²) in [5.41, 5.74) is 3.43. The van der Waals surface area contributed by atoms with E-state index in [2.05, 4.69) is 39.0 Å². The van der Waals surface area contributed by atoms with Crippen molar-refractivity contribution in [1.29, 1.82) is 0 Å². The Morgan fingerprint density at radius 1 is 1.17 bits per heavy atom. The van der Waals surface area contributed by atoms with Crippen LogP contribution < -0.4 is 0 Å². The molecule has 0 saturated carbocycles. The molecule has 1 aromatic carbocycles. The van der Waals surface area contributed by atoms with Crippen LogP contribution >= 0.6 is 0 Å². The quantitative estimate of drug-likeness (QED) is 0.657. The van der Waals surface area contributed by atoms with Crippen LogP contribution in [0.25, 0.3) is 0 Å². The number of nitrogens with zero attached hydrogens (tertiary/aromatic N) is 4. The van der Waals surface area contributed by atoms with Gasteiger partial charge >= 0.3 is 0 Å². The van der Waals surface area contributed by atoms with Crippen LogP contribution in [0.4, 0.5) is 0 Å². The summed E-state index contributed by atoms with van der Waals surface area (Å²) in [5.74, 6) is 7.27. The maximum atomic E-state index is 9.75. The van der Waals surface area contributed by atoms with Gasteiger partial charge in [0.1, 0.15) is 17.6 Å². The first-order chi connectivity index (χ1) is 14.6. The van der Waals surface area contributed by atoms with Crippen LogP contribution in [0.2, 0.25) is 0 Å². The molecule has 7 heteroatoms. The molecule has 2 fully saturated rings. The lowest BCUT2D eigenvalue weighted by Gasteiger charge is -2.55. The first-order valence-corrected chi connectivity index (χ1v) is 10.1. The third-order valence-electron chi connectivity index (χ3n) is 5.64. The minimum absolute atomic E-state index is 0.455. The van der Waals surface area contributed by atoms with Crippen LogP contribution in [0.15, 0.2) is 47.2 Å². The molecule has 2 saturated heterocycles. The van der Waals surface area contributed by atoms with Gasteiger partial charge in [0.2, 0.25) is 5.76 Å². The van der Waals surface area contributed by atoms with Crippen molar-refractivity contribution < 1.29 is 14.4 Å². The predicted octanol–water partition coefficient (Wildman–Crippen LogP) is 2.20. The van der Waals surface area contributed by atoms with E-state index in [9.17, 15) is 5.11 Å². The second kappa shape index (κ2) is 7.73. The fraction of sp³-hybridized carbons (Fsp3) is 0.391. The molecule has 1 N–H and O–H groups in total. The fourth-order valence-corrected chi connectivity index (χ4v) is 4.11. The zero-order valence-corrected chi connectivity index (χ0v) is 16.9. The molecule has 1 spiro atoms. The number of imidazole rings is 1. The van der Waals surface area contributed by atoms with Crippen molar-refractivity contribution in [3.63, 3.8) is 0 Å². The van der Waals surface area contributed by atoms with E-state index < -0.39 is 6.10 Å². The second-order valence-electron chi connectivity index (χ2n) is 8.36. The standard InChI is InChI=1S/C23H24N4O3/c1-17(28)22-24-8-9-27(22)12-20-10-21(30-25-20)7-6-18-2-4-19(5-3-18)11-26-13-23(14-26)15-29-16-23/h2-5,8-10,17,28H,11-16H2,1H3. The van der Waals surface area contributed by atoms with Crippen LogP contribution in [0.3, 0.4) is 0 Å². The van der Waals surface area contributed by atoms with Crippen LogP contribution in [0, 0.1) is 17.3 Å². The monoisotopic (exact) mass is 404 g/mol. The Labute approximate surface area is 175 Å². The van der Waals surface area contributed by atoms with Gasteiger partial charge in [0, 0.05) is 49.1 Å². The molecule has 30 heavy (non-hydrogen) atoms. The normalized spacial score (nSPS) is 18.3. The highest BCUT2D eigenvalue weighted by atomic mass is 16.5. The number of hydrogen-bond acceptors (Lipinski definition) is 6. The van der Waals surface area contributed by atoms with Crippen LogP contribution in [0.5, 0.6) is 0 Å².